The molecule has 13 heavy (non-hydrogen) atoms. The molecular formula is C11H23NO. The lowest BCUT2D eigenvalue weighted by Gasteiger charge is -2.42. The van der Waals surface area contributed by atoms with Gasteiger partial charge in [-0.3, -0.25) is 0 Å². The molecule has 0 atom stereocenters. The van der Waals surface area contributed by atoms with Crippen LogP contribution in [0.2, 0.25) is 0 Å². The molecule has 0 spiro atoms. The molecule has 1 saturated heterocycles. The van der Waals surface area contributed by atoms with Gasteiger partial charge in [-0.2, -0.15) is 0 Å². The Labute approximate surface area is 82.0 Å². The largest absolute Gasteiger partial charge is 0.376 e. The molecule has 0 unspecified atom stereocenters. The van der Waals surface area contributed by atoms with Crippen molar-refractivity contribution in [2.45, 2.75) is 46.1 Å². The zero-order chi connectivity index (χ0) is 9.95. The Balaban J connectivity index is 2.18. The standard InChI is InChI=1S/C11H23NO/c1-5-11(8-12-9-11)6-7-13-10(2,3)4/h12H,5-9H2,1-4H3. The van der Waals surface area contributed by atoms with E-state index < -0.39 is 0 Å². The van der Waals surface area contributed by atoms with Crippen molar-refractivity contribution in [3.05, 3.63) is 0 Å². The van der Waals surface area contributed by atoms with Crippen molar-refractivity contribution in [3.8, 4) is 0 Å². The maximum absolute atomic E-state index is 5.73. The van der Waals surface area contributed by atoms with Crippen LogP contribution >= 0.6 is 0 Å². The molecule has 1 rings (SSSR count). The Kier molecular flexibility index (Phi) is 3.36. The molecule has 1 fully saturated rings. The van der Waals surface area contributed by atoms with Crippen LogP contribution in [0, 0.1) is 5.41 Å². The fraction of sp³-hybridized carbons (Fsp3) is 1.00. The van der Waals surface area contributed by atoms with E-state index in [2.05, 4.69) is 33.0 Å². The van der Waals surface area contributed by atoms with Crippen molar-refractivity contribution in [1.82, 2.24) is 5.32 Å². The van der Waals surface area contributed by atoms with Gasteiger partial charge in [-0.25, -0.2) is 0 Å². The average molecular weight is 185 g/mol. The van der Waals surface area contributed by atoms with Crippen LogP contribution in [0.1, 0.15) is 40.5 Å². The van der Waals surface area contributed by atoms with E-state index in [1.807, 2.05) is 0 Å². The number of rotatable bonds is 4. The third-order valence-electron chi connectivity index (χ3n) is 2.92. The first-order chi connectivity index (χ1) is 5.97. The van der Waals surface area contributed by atoms with Crippen LogP contribution < -0.4 is 5.32 Å². The van der Waals surface area contributed by atoms with Crippen LogP contribution in [0.15, 0.2) is 0 Å². The van der Waals surface area contributed by atoms with E-state index in [-0.39, 0.29) is 5.60 Å². The monoisotopic (exact) mass is 185 g/mol. The quantitative estimate of drug-likeness (QED) is 0.725. The zero-order valence-electron chi connectivity index (χ0n) is 9.44. The van der Waals surface area contributed by atoms with E-state index >= 15 is 0 Å². The van der Waals surface area contributed by atoms with Crippen LogP contribution in [-0.4, -0.2) is 25.3 Å². The molecule has 2 nitrogen and oxygen atoms in total. The molecule has 0 radical (unpaired) electrons. The van der Waals surface area contributed by atoms with Crippen LogP contribution in [0.4, 0.5) is 0 Å². The molecule has 0 amide bonds. The number of ether oxygens (including phenoxy) is 1. The third-order valence-corrected chi connectivity index (χ3v) is 2.92. The van der Waals surface area contributed by atoms with Gasteiger partial charge in [-0.05, 0) is 39.0 Å². The Hall–Kier alpha value is -0.0800. The molecule has 0 aromatic carbocycles. The van der Waals surface area contributed by atoms with Gasteiger partial charge in [0.15, 0.2) is 0 Å². The zero-order valence-corrected chi connectivity index (χ0v) is 9.44. The Bertz CT molecular complexity index is 150. The molecule has 1 N–H and O–H groups in total. The van der Waals surface area contributed by atoms with Crippen LogP contribution in [-0.2, 0) is 4.74 Å². The van der Waals surface area contributed by atoms with Crippen molar-refractivity contribution in [3.63, 3.8) is 0 Å². The number of hydrogen-bond acceptors (Lipinski definition) is 2. The molecular weight excluding hydrogens is 162 g/mol. The molecule has 1 aliphatic rings. The minimum Gasteiger partial charge on any atom is -0.376 e. The van der Waals surface area contributed by atoms with E-state index in [9.17, 15) is 0 Å². The molecule has 2 heteroatoms. The number of nitrogens with one attached hydrogen (secondary N) is 1. The lowest BCUT2D eigenvalue weighted by molar-refractivity contribution is -0.0270. The van der Waals surface area contributed by atoms with Crippen LogP contribution in [0.25, 0.3) is 0 Å². The lowest BCUT2D eigenvalue weighted by atomic mass is 9.76. The highest BCUT2D eigenvalue weighted by atomic mass is 16.5. The maximum atomic E-state index is 5.73. The summed E-state index contributed by atoms with van der Waals surface area (Å²) in [5.41, 5.74) is 0.567. The van der Waals surface area contributed by atoms with Gasteiger partial charge in [-0.1, -0.05) is 6.92 Å². The van der Waals surface area contributed by atoms with Gasteiger partial charge in [-0.15, -0.1) is 0 Å². The lowest BCUT2D eigenvalue weighted by Crippen LogP contribution is -2.53. The van der Waals surface area contributed by atoms with E-state index in [0.29, 0.717) is 5.41 Å². The topological polar surface area (TPSA) is 21.3 Å². The SMILES string of the molecule is CCC1(CCOC(C)(C)C)CNC1. The first kappa shape index (κ1) is 11.0. The Morgan fingerprint density at radius 1 is 1.31 bits per heavy atom. The molecule has 1 heterocycles. The third kappa shape index (κ3) is 3.28. The molecule has 1 aliphatic heterocycles. The second-order valence-electron chi connectivity index (χ2n) is 5.17. The molecule has 0 aromatic rings. The van der Waals surface area contributed by atoms with E-state index in [1.165, 1.54) is 25.9 Å². The van der Waals surface area contributed by atoms with E-state index in [4.69, 9.17) is 4.74 Å². The van der Waals surface area contributed by atoms with Gasteiger partial charge in [0.05, 0.1) is 5.60 Å². The summed E-state index contributed by atoms with van der Waals surface area (Å²) in [5, 5.41) is 3.35. The molecule has 0 bridgehead atoms. The van der Waals surface area contributed by atoms with Crippen LogP contribution in [0.5, 0.6) is 0 Å². The van der Waals surface area contributed by atoms with Gasteiger partial charge >= 0.3 is 0 Å². The second kappa shape index (κ2) is 3.97. The summed E-state index contributed by atoms with van der Waals surface area (Å²) in [6, 6.07) is 0. The fourth-order valence-corrected chi connectivity index (χ4v) is 1.66. The predicted molar refractivity (Wildman–Crippen MR) is 55.9 cm³/mol. The summed E-state index contributed by atoms with van der Waals surface area (Å²) in [6.45, 7) is 11.9. The van der Waals surface area contributed by atoms with Crippen molar-refractivity contribution < 1.29 is 4.74 Å². The highest BCUT2D eigenvalue weighted by molar-refractivity contribution is 4.90. The Morgan fingerprint density at radius 2 is 1.92 bits per heavy atom. The molecule has 0 aromatic heterocycles. The number of hydrogen-bond donors (Lipinski definition) is 1. The van der Waals surface area contributed by atoms with Crippen molar-refractivity contribution >= 4 is 0 Å². The normalized spacial score (nSPS) is 21.2. The van der Waals surface area contributed by atoms with Crippen molar-refractivity contribution in [2.75, 3.05) is 19.7 Å². The summed E-state index contributed by atoms with van der Waals surface area (Å²) in [6.07, 6.45) is 2.47. The smallest absolute Gasteiger partial charge is 0.0598 e. The first-order valence-corrected chi connectivity index (χ1v) is 5.32. The first-order valence-electron chi connectivity index (χ1n) is 5.32. The second-order valence-corrected chi connectivity index (χ2v) is 5.17. The summed E-state index contributed by atoms with van der Waals surface area (Å²) in [7, 11) is 0. The predicted octanol–water partition coefficient (Wildman–Crippen LogP) is 2.19. The van der Waals surface area contributed by atoms with E-state index in [0.717, 1.165) is 6.61 Å². The van der Waals surface area contributed by atoms with Gasteiger partial charge in [0.25, 0.3) is 0 Å². The molecule has 0 aliphatic carbocycles. The van der Waals surface area contributed by atoms with Gasteiger partial charge in [0.1, 0.15) is 0 Å². The summed E-state index contributed by atoms with van der Waals surface area (Å²) in [4.78, 5) is 0. The minimum absolute atomic E-state index is 0.0199. The Morgan fingerprint density at radius 3 is 2.23 bits per heavy atom. The van der Waals surface area contributed by atoms with Gasteiger partial charge in [0, 0.05) is 19.7 Å². The maximum Gasteiger partial charge on any atom is 0.0598 e. The van der Waals surface area contributed by atoms with Crippen molar-refractivity contribution in [1.29, 1.82) is 0 Å². The summed E-state index contributed by atoms with van der Waals surface area (Å²) >= 11 is 0. The summed E-state index contributed by atoms with van der Waals surface area (Å²) < 4.78 is 5.73. The molecule has 78 valence electrons. The van der Waals surface area contributed by atoms with Gasteiger partial charge < -0.3 is 10.1 Å². The van der Waals surface area contributed by atoms with Gasteiger partial charge in [0.2, 0.25) is 0 Å². The summed E-state index contributed by atoms with van der Waals surface area (Å²) in [5.74, 6) is 0. The molecule has 0 saturated carbocycles. The highest BCUT2D eigenvalue weighted by Gasteiger charge is 2.34. The average Bonchev–Trinajstić information content (AvgIpc) is 1.92. The van der Waals surface area contributed by atoms with E-state index in [1.54, 1.807) is 0 Å². The van der Waals surface area contributed by atoms with Crippen molar-refractivity contribution in [2.24, 2.45) is 5.41 Å². The van der Waals surface area contributed by atoms with Crippen LogP contribution in [0.3, 0.4) is 0 Å². The minimum atomic E-state index is 0.0199. The fourth-order valence-electron chi connectivity index (χ4n) is 1.66. The highest BCUT2D eigenvalue weighted by Crippen LogP contribution is 2.31.